The summed E-state index contributed by atoms with van der Waals surface area (Å²) in [7, 11) is 0. The molecule has 0 aromatic carbocycles. The van der Waals surface area contributed by atoms with E-state index in [-0.39, 0.29) is 36.0 Å². The Morgan fingerprint density at radius 1 is 0.949 bits per heavy atom. The number of allylic oxidation sites excluding steroid dienone is 7. The topological polar surface area (TPSA) is 120 Å². The molecule has 0 bridgehead atoms. The summed E-state index contributed by atoms with van der Waals surface area (Å²) < 4.78 is 0. The second-order valence-electron chi connectivity index (χ2n) is 10.1. The van der Waals surface area contributed by atoms with Crippen molar-refractivity contribution in [1.82, 2.24) is 21.5 Å². The Labute approximate surface area is 238 Å². The van der Waals surface area contributed by atoms with Gasteiger partial charge in [-0.05, 0) is 44.9 Å². The van der Waals surface area contributed by atoms with Crippen LogP contribution in [0.25, 0.3) is 0 Å². The Bertz CT molecular complexity index is 858. The van der Waals surface area contributed by atoms with Gasteiger partial charge in [0.2, 0.25) is 11.8 Å². The van der Waals surface area contributed by atoms with Gasteiger partial charge in [-0.25, -0.2) is 4.79 Å². The van der Waals surface area contributed by atoms with Gasteiger partial charge < -0.3 is 15.7 Å². The van der Waals surface area contributed by atoms with Gasteiger partial charge >= 0.3 is 6.03 Å². The second-order valence-corrected chi connectivity index (χ2v) is 11.4. The van der Waals surface area contributed by atoms with E-state index in [0.29, 0.717) is 18.1 Å². The van der Waals surface area contributed by atoms with Crippen LogP contribution < -0.4 is 21.5 Å². The maximum absolute atomic E-state index is 12.0. The van der Waals surface area contributed by atoms with Crippen LogP contribution in [-0.2, 0) is 9.59 Å². The highest BCUT2D eigenvalue weighted by Gasteiger charge is 2.42. The lowest BCUT2D eigenvalue weighted by Gasteiger charge is -2.16. The lowest BCUT2D eigenvalue weighted by atomic mass is 10.0. The van der Waals surface area contributed by atoms with Crippen molar-refractivity contribution in [3.8, 4) is 0 Å². The van der Waals surface area contributed by atoms with Gasteiger partial charge in [0, 0.05) is 23.8 Å². The van der Waals surface area contributed by atoms with E-state index in [2.05, 4.69) is 58.8 Å². The lowest BCUT2D eigenvalue weighted by Crippen LogP contribution is -2.41. The molecular weight excluding hydrogens is 512 g/mol. The van der Waals surface area contributed by atoms with Crippen molar-refractivity contribution in [3.05, 3.63) is 48.6 Å². The van der Waals surface area contributed by atoms with Crippen molar-refractivity contribution in [2.75, 3.05) is 5.75 Å². The van der Waals surface area contributed by atoms with Crippen molar-refractivity contribution in [2.45, 2.75) is 114 Å². The number of hydrogen-bond acceptors (Lipinski definition) is 5. The summed E-state index contributed by atoms with van der Waals surface area (Å²) in [6, 6.07) is 0.350. The normalized spacial score (nSPS) is 21.6. The number of rotatable bonds is 19. The largest absolute Gasteiger partial charge is 0.389 e. The molecule has 4 amide bonds. The molecular formula is C30H48N4O4S. The average molecular weight is 561 g/mol. The maximum atomic E-state index is 12.0. The van der Waals surface area contributed by atoms with Crippen molar-refractivity contribution >= 4 is 29.6 Å². The molecule has 39 heavy (non-hydrogen) atoms. The molecule has 4 atom stereocenters. The summed E-state index contributed by atoms with van der Waals surface area (Å²) in [6.45, 7) is 2.16. The number of carbonyl (C=O) groups excluding carboxylic acids is 3. The molecule has 5 N–H and O–H groups in total. The number of hydrazine groups is 1. The first-order valence-electron chi connectivity index (χ1n) is 14.6. The molecule has 2 rings (SSSR count). The summed E-state index contributed by atoms with van der Waals surface area (Å²) in [6.07, 6.45) is 26.7. The van der Waals surface area contributed by atoms with Gasteiger partial charge in [-0.1, -0.05) is 81.2 Å². The summed E-state index contributed by atoms with van der Waals surface area (Å²) in [4.78, 5) is 35.3. The van der Waals surface area contributed by atoms with E-state index >= 15 is 0 Å². The number of fused-ring (bicyclic) bond motifs is 1. The molecule has 9 heteroatoms. The van der Waals surface area contributed by atoms with Crippen LogP contribution in [0, 0.1) is 0 Å². The van der Waals surface area contributed by atoms with Crippen LogP contribution in [0.5, 0.6) is 0 Å². The zero-order valence-electron chi connectivity index (χ0n) is 23.4. The minimum Gasteiger partial charge on any atom is -0.389 e. The molecule has 2 fully saturated rings. The highest BCUT2D eigenvalue weighted by Crippen LogP contribution is 2.33. The molecule has 8 nitrogen and oxygen atoms in total. The van der Waals surface area contributed by atoms with Crippen LogP contribution in [0.15, 0.2) is 48.6 Å². The number of hydrogen-bond donors (Lipinski definition) is 5. The summed E-state index contributed by atoms with van der Waals surface area (Å²) in [5.74, 6) is 0.591. The number of aliphatic hydroxyl groups is 1. The number of urea groups is 1. The molecule has 2 heterocycles. The van der Waals surface area contributed by atoms with Gasteiger partial charge in [0.15, 0.2) is 0 Å². The zero-order valence-corrected chi connectivity index (χ0v) is 24.2. The molecule has 0 spiro atoms. The Morgan fingerprint density at radius 3 is 2.44 bits per heavy atom. The van der Waals surface area contributed by atoms with E-state index in [0.717, 1.165) is 63.5 Å². The van der Waals surface area contributed by atoms with Gasteiger partial charge in [-0.2, -0.15) is 11.8 Å². The fourth-order valence-corrected chi connectivity index (χ4v) is 6.08. The predicted molar refractivity (Wildman–Crippen MR) is 160 cm³/mol. The fourth-order valence-electron chi connectivity index (χ4n) is 4.53. The van der Waals surface area contributed by atoms with Gasteiger partial charge in [0.25, 0.3) is 0 Å². The van der Waals surface area contributed by atoms with Crippen LogP contribution >= 0.6 is 11.8 Å². The first-order chi connectivity index (χ1) is 19.0. The number of carbonyl (C=O) groups is 3. The molecule has 2 saturated heterocycles. The second kappa shape index (κ2) is 20.4. The Balaban J connectivity index is 1.39. The number of nitrogens with one attached hydrogen (secondary N) is 4. The molecule has 218 valence electrons. The standard InChI is InChI=1S/C30H48N4O4S/c1-2-3-13-18-24(35)19-14-11-9-7-5-4-6-8-10-12-15-21-27(36)33-34-28(37)22-17-16-20-26-29-25(23-39-26)31-30(38)32-29/h4-5,8-11,14,19,24-26,29,35H,2-3,6-7,12-13,15-18,20-23H2,1H3,(H,33,36)(H,34,37)(H2,31,32,38)/b5-4-,10-8-,11-9+,19-14+/t24-,25+,26+,29-/m0/s1. The Hall–Kier alpha value is -2.52. The van der Waals surface area contributed by atoms with E-state index in [1.807, 2.05) is 30.0 Å². The highest BCUT2D eigenvalue weighted by atomic mass is 32.2. The van der Waals surface area contributed by atoms with Gasteiger partial charge in [0.05, 0.1) is 18.2 Å². The SMILES string of the molecule is CCCCC[C@H](O)/C=C/C=C/C/C=C\C/C=C\CCCC(=O)NNC(=O)CCCC[C@H]1SC[C@H]2NC(=O)N[C@@H]21. The minimum atomic E-state index is -0.348. The Kier molecular flexibility index (Phi) is 17.1. The van der Waals surface area contributed by atoms with Gasteiger partial charge in [-0.3, -0.25) is 20.4 Å². The number of unbranched alkanes of at least 4 members (excludes halogenated alkanes) is 4. The van der Waals surface area contributed by atoms with Gasteiger partial charge in [-0.15, -0.1) is 0 Å². The van der Waals surface area contributed by atoms with E-state index < -0.39 is 0 Å². The van der Waals surface area contributed by atoms with E-state index in [1.165, 1.54) is 12.8 Å². The highest BCUT2D eigenvalue weighted by molar-refractivity contribution is 8.00. The smallest absolute Gasteiger partial charge is 0.315 e. The molecule has 0 unspecified atom stereocenters. The first kappa shape index (κ1) is 32.7. The quantitative estimate of drug-likeness (QED) is 0.0502. The van der Waals surface area contributed by atoms with Crippen molar-refractivity contribution in [3.63, 3.8) is 0 Å². The number of amides is 4. The molecule has 2 aliphatic heterocycles. The first-order valence-corrected chi connectivity index (χ1v) is 15.6. The fraction of sp³-hybridized carbons (Fsp3) is 0.633. The zero-order chi connectivity index (χ0) is 28.1. The van der Waals surface area contributed by atoms with Gasteiger partial charge in [0.1, 0.15) is 0 Å². The van der Waals surface area contributed by atoms with Crippen molar-refractivity contribution in [2.24, 2.45) is 0 Å². The van der Waals surface area contributed by atoms with E-state index in [9.17, 15) is 19.5 Å². The van der Waals surface area contributed by atoms with E-state index in [1.54, 1.807) is 0 Å². The average Bonchev–Trinajstić information content (AvgIpc) is 3.47. The van der Waals surface area contributed by atoms with Crippen molar-refractivity contribution < 1.29 is 19.5 Å². The van der Waals surface area contributed by atoms with Crippen LogP contribution in [0.2, 0.25) is 0 Å². The molecule has 0 aliphatic carbocycles. The van der Waals surface area contributed by atoms with Crippen LogP contribution in [0.4, 0.5) is 4.79 Å². The summed E-state index contributed by atoms with van der Waals surface area (Å²) in [5.41, 5.74) is 5.00. The minimum absolute atomic E-state index is 0.0756. The summed E-state index contributed by atoms with van der Waals surface area (Å²) in [5, 5.41) is 16.1. The van der Waals surface area contributed by atoms with Crippen molar-refractivity contribution in [1.29, 1.82) is 0 Å². The maximum Gasteiger partial charge on any atom is 0.315 e. The predicted octanol–water partition coefficient (Wildman–Crippen LogP) is 4.98. The summed E-state index contributed by atoms with van der Waals surface area (Å²) >= 11 is 1.88. The van der Waals surface area contributed by atoms with Crippen LogP contribution in [0.1, 0.15) is 90.4 Å². The molecule has 2 aliphatic rings. The van der Waals surface area contributed by atoms with Crippen LogP contribution in [-0.4, -0.2) is 52.1 Å². The third-order valence-corrected chi connectivity index (χ3v) is 8.27. The number of aliphatic hydroxyl groups excluding tert-OH is 1. The van der Waals surface area contributed by atoms with E-state index in [4.69, 9.17) is 0 Å². The third kappa shape index (κ3) is 15.0. The molecule has 0 aromatic heterocycles. The molecule has 0 aromatic rings. The lowest BCUT2D eigenvalue weighted by molar-refractivity contribution is -0.129. The van der Waals surface area contributed by atoms with Crippen LogP contribution in [0.3, 0.4) is 0 Å². The number of thioether (sulfide) groups is 1. The molecule has 0 radical (unpaired) electrons. The third-order valence-electron chi connectivity index (χ3n) is 6.76. The monoisotopic (exact) mass is 560 g/mol. The Morgan fingerprint density at radius 2 is 1.67 bits per heavy atom. The molecule has 0 saturated carbocycles.